The molecule has 0 saturated heterocycles. The second kappa shape index (κ2) is 9.00. The molecule has 0 unspecified atom stereocenters. The van der Waals surface area contributed by atoms with Gasteiger partial charge in [0, 0.05) is 13.0 Å². The molecule has 1 aliphatic carbocycles. The highest BCUT2D eigenvalue weighted by Crippen LogP contribution is 2.31. The van der Waals surface area contributed by atoms with Crippen LogP contribution in [0.15, 0.2) is 42.5 Å². The van der Waals surface area contributed by atoms with E-state index < -0.39 is 0 Å². The summed E-state index contributed by atoms with van der Waals surface area (Å²) in [5.74, 6) is 0.421. The summed E-state index contributed by atoms with van der Waals surface area (Å²) in [6, 6.07) is 12.5. The summed E-state index contributed by atoms with van der Waals surface area (Å²) >= 11 is 0. The summed E-state index contributed by atoms with van der Waals surface area (Å²) in [6.45, 7) is 2.95. The molecule has 5 heteroatoms. The third-order valence-corrected chi connectivity index (χ3v) is 4.87. The normalized spacial score (nSPS) is 14.6. The Morgan fingerprint density at radius 1 is 1.26 bits per heavy atom. The van der Waals surface area contributed by atoms with Crippen molar-refractivity contribution >= 4 is 5.91 Å². The molecular weight excluding hydrogens is 343 g/mol. The number of hydrogen-bond acceptors (Lipinski definition) is 3. The molecule has 2 aromatic rings. The molecule has 1 saturated carbocycles. The lowest BCUT2D eigenvalue weighted by Crippen LogP contribution is -2.26. The average molecular weight is 370 g/mol. The summed E-state index contributed by atoms with van der Waals surface area (Å²) in [5.41, 5.74) is 8.64. The van der Waals surface area contributed by atoms with Crippen LogP contribution in [0.1, 0.15) is 48.9 Å². The van der Waals surface area contributed by atoms with E-state index >= 15 is 0 Å². The second-order valence-electron chi connectivity index (χ2n) is 7.26. The fourth-order valence-electron chi connectivity index (χ4n) is 2.96. The van der Waals surface area contributed by atoms with Gasteiger partial charge >= 0.3 is 0 Å². The van der Waals surface area contributed by atoms with Gasteiger partial charge in [-0.1, -0.05) is 30.3 Å². The topological polar surface area (TPSA) is 64.4 Å². The van der Waals surface area contributed by atoms with Gasteiger partial charge in [0.05, 0.1) is 12.6 Å². The van der Waals surface area contributed by atoms with Gasteiger partial charge in [0.1, 0.15) is 0 Å². The average Bonchev–Trinajstić information content (AvgIpc) is 3.50. The van der Waals surface area contributed by atoms with E-state index in [0.29, 0.717) is 31.9 Å². The summed E-state index contributed by atoms with van der Waals surface area (Å²) in [5, 5.41) is 2.98. The van der Waals surface area contributed by atoms with Crippen LogP contribution in [0.5, 0.6) is 5.75 Å². The predicted octanol–water partition coefficient (Wildman–Crippen LogP) is 3.88. The van der Waals surface area contributed by atoms with E-state index in [-0.39, 0.29) is 23.5 Å². The van der Waals surface area contributed by atoms with Crippen molar-refractivity contribution in [2.75, 3.05) is 6.61 Å². The fourth-order valence-corrected chi connectivity index (χ4v) is 2.96. The first-order valence-electron chi connectivity index (χ1n) is 9.54. The van der Waals surface area contributed by atoms with E-state index in [0.717, 1.165) is 29.5 Å². The standard InChI is InChI=1S/C22H27FN2O2/c1-15(19-8-9-20(23)21(12-19)27-14-17-5-6-17)25-22(26)10-7-16-3-2-4-18(11-16)13-24/h2-4,8-9,11-12,15,17H,5-7,10,13-14,24H2,1H3,(H,25,26)/t15-/m1/s1. The zero-order chi connectivity index (χ0) is 19.2. The molecule has 2 aromatic carbocycles. The van der Waals surface area contributed by atoms with E-state index in [2.05, 4.69) is 5.32 Å². The summed E-state index contributed by atoms with van der Waals surface area (Å²) in [4.78, 5) is 12.3. The molecule has 1 atom stereocenters. The number of hydrogen-bond donors (Lipinski definition) is 2. The monoisotopic (exact) mass is 370 g/mol. The number of carbonyl (C=O) groups excluding carboxylic acids is 1. The Balaban J connectivity index is 1.53. The molecule has 0 aliphatic heterocycles. The molecule has 0 spiro atoms. The largest absolute Gasteiger partial charge is 0.490 e. The Hall–Kier alpha value is -2.40. The molecule has 27 heavy (non-hydrogen) atoms. The Kier molecular flexibility index (Phi) is 6.45. The molecule has 1 fully saturated rings. The van der Waals surface area contributed by atoms with Crippen LogP contribution in [0.2, 0.25) is 0 Å². The van der Waals surface area contributed by atoms with E-state index in [1.54, 1.807) is 12.1 Å². The number of carbonyl (C=O) groups is 1. The first-order chi connectivity index (χ1) is 13.0. The van der Waals surface area contributed by atoms with Crippen molar-refractivity contribution < 1.29 is 13.9 Å². The van der Waals surface area contributed by atoms with Crippen LogP contribution >= 0.6 is 0 Å². The highest BCUT2D eigenvalue weighted by atomic mass is 19.1. The van der Waals surface area contributed by atoms with Crippen LogP contribution in [-0.2, 0) is 17.8 Å². The number of ether oxygens (including phenoxy) is 1. The van der Waals surface area contributed by atoms with Crippen LogP contribution in [0.3, 0.4) is 0 Å². The van der Waals surface area contributed by atoms with Crippen LogP contribution in [-0.4, -0.2) is 12.5 Å². The fraction of sp³-hybridized carbons (Fsp3) is 0.409. The van der Waals surface area contributed by atoms with E-state index in [1.165, 1.54) is 6.07 Å². The summed E-state index contributed by atoms with van der Waals surface area (Å²) in [7, 11) is 0. The highest BCUT2D eigenvalue weighted by Gasteiger charge is 2.22. The first-order valence-corrected chi connectivity index (χ1v) is 9.54. The molecule has 0 aromatic heterocycles. The molecule has 0 radical (unpaired) electrons. The molecule has 3 rings (SSSR count). The molecule has 3 N–H and O–H groups in total. The number of nitrogens with two attached hydrogens (primary N) is 1. The third kappa shape index (κ3) is 5.79. The molecule has 4 nitrogen and oxygen atoms in total. The maximum absolute atomic E-state index is 13.9. The van der Waals surface area contributed by atoms with Crippen molar-refractivity contribution in [3.63, 3.8) is 0 Å². The summed E-state index contributed by atoms with van der Waals surface area (Å²) in [6.07, 6.45) is 3.36. The molecular formula is C22H27FN2O2. The lowest BCUT2D eigenvalue weighted by molar-refractivity contribution is -0.121. The molecule has 1 amide bonds. The Morgan fingerprint density at radius 2 is 2.04 bits per heavy atom. The lowest BCUT2D eigenvalue weighted by atomic mass is 10.0. The Labute approximate surface area is 159 Å². The van der Waals surface area contributed by atoms with Crippen molar-refractivity contribution in [3.05, 3.63) is 65.0 Å². The van der Waals surface area contributed by atoms with E-state index in [4.69, 9.17) is 10.5 Å². The maximum atomic E-state index is 13.9. The van der Waals surface area contributed by atoms with Gasteiger partial charge in [0.25, 0.3) is 0 Å². The maximum Gasteiger partial charge on any atom is 0.220 e. The van der Waals surface area contributed by atoms with Crippen molar-refractivity contribution in [2.24, 2.45) is 11.7 Å². The number of benzene rings is 2. The van der Waals surface area contributed by atoms with Gasteiger partial charge in [-0.2, -0.15) is 0 Å². The Bertz CT molecular complexity index is 790. The van der Waals surface area contributed by atoms with Crippen LogP contribution in [0.25, 0.3) is 0 Å². The number of aryl methyl sites for hydroxylation is 1. The van der Waals surface area contributed by atoms with Crippen molar-refractivity contribution in [3.8, 4) is 5.75 Å². The van der Waals surface area contributed by atoms with Gasteiger partial charge in [-0.15, -0.1) is 0 Å². The SMILES string of the molecule is C[C@@H](NC(=O)CCc1cccc(CN)c1)c1ccc(F)c(OCC2CC2)c1. The van der Waals surface area contributed by atoms with Crippen LogP contribution in [0.4, 0.5) is 4.39 Å². The number of amides is 1. The smallest absolute Gasteiger partial charge is 0.220 e. The Morgan fingerprint density at radius 3 is 2.78 bits per heavy atom. The zero-order valence-corrected chi connectivity index (χ0v) is 15.7. The minimum Gasteiger partial charge on any atom is -0.490 e. The molecule has 0 heterocycles. The van der Waals surface area contributed by atoms with Crippen LogP contribution in [0, 0.1) is 11.7 Å². The minimum atomic E-state index is -0.363. The van der Waals surface area contributed by atoms with Crippen LogP contribution < -0.4 is 15.8 Å². The van der Waals surface area contributed by atoms with E-state index in [9.17, 15) is 9.18 Å². The molecule has 1 aliphatic rings. The van der Waals surface area contributed by atoms with Crippen molar-refractivity contribution in [1.29, 1.82) is 0 Å². The van der Waals surface area contributed by atoms with E-state index in [1.807, 2.05) is 31.2 Å². The van der Waals surface area contributed by atoms with Gasteiger partial charge < -0.3 is 15.8 Å². The van der Waals surface area contributed by atoms with Gasteiger partial charge in [-0.05, 0) is 60.9 Å². The number of nitrogens with one attached hydrogen (secondary N) is 1. The first kappa shape index (κ1) is 19.4. The molecule has 0 bridgehead atoms. The van der Waals surface area contributed by atoms with Gasteiger partial charge in [-0.25, -0.2) is 4.39 Å². The quantitative estimate of drug-likeness (QED) is 0.704. The predicted molar refractivity (Wildman–Crippen MR) is 104 cm³/mol. The number of rotatable bonds is 9. The number of halogens is 1. The van der Waals surface area contributed by atoms with Gasteiger partial charge in [0.2, 0.25) is 5.91 Å². The van der Waals surface area contributed by atoms with Gasteiger partial charge in [0.15, 0.2) is 11.6 Å². The van der Waals surface area contributed by atoms with Crippen molar-refractivity contribution in [1.82, 2.24) is 5.32 Å². The minimum absolute atomic E-state index is 0.0366. The van der Waals surface area contributed by atoms with Gasteiger partial charge in [-0.3, -0.25) is 4.79 Å². The highest BCUT2D eigenvalue weighted by molar-refractivity contribution is 5.76. The molecule has 144 valence electrons. The lowest BCUT2D eigenvalue weighted by Gasteiger charge is -2.16. The second-order valence-corrected chi connectivity index (χ2v) is 7.26. The summed E-state index contributed by atoms with van der Waals surface area (Å²) < 4.78 is 19.5. The van der Waals surface area contributed by atoms with Crippen molar-refractivity contribution in [2.45, 2.75) is 45.2 Å². The zero-order valence-electron chi connectivity index (χ0n) is 15.7. The third-order valence-electron chi connectivity index (χ3n) is 4.87.